The number of carboxylic acids is 1. The van der Waals surface area contributed by atoms with Crippen molar-refractivity contribution in [2.75, 3.05) is 18.1 Å². The third-order valence-electron chi connectivity index (χ3n) is 1.59. The summed E-state index contributed by atoms with van der Waals surface area (Å²) in [5.41, 5.74) is 0. The molecule has 1 fully saturated rings. The molecule has 1 aliphatic rings. The highest BCUT2D eigenvalue weighted by Gasteiger charge is 2.26. The Kier molecular flexibility index (Phi) is 2.69. The van der Waals surface area contributed by atoms with E-state index in [2.05, 4.69) is 0 Å². The highest BCUT2D eigenvalue weighted by Crippen LogP contribution is 2.09. The molecule has 1 aliphatic heterocycles. The summed E-state index contributed by atoms with van der Waals surface area (Å²) in [7, 11) is -3.07. The summed E-state index contributed by atoms with van der Waals surface area (Å²) in [6, 6.07) is 0. The fourth-order valence-corrected chi connectivity index (χ4v) is 2.37. The van der Waals surface area contributed by atoms with E-state index in [0.717, 1.165) is 0 Å². The minimum atomic E-state index is -3.07. The van der Waals surface area contributed by atoms with Gasteiger partial charge >= 0.3 is 5.97 Å². The van der Waals surface area contributed by atoms with E-state index in [0.29, 0.717) is 0 Å². The van der Waals surface area contributed by atoms with Crippen molar-refractivity contribution in [3.63, 3.8) is 0 Å². The van der Waals surface area contributed by atoms with Gasteiger partial charge in [0.25, 0.3) is 0 Å². The SMILES string of the molecule is O=C(O)CC1CS(=O)(=O)CCO1. The molecular formula is C6H10O5S. The first-order chi connectivity index (χ1) is 5.49. The number of rotatable bonds is 2. The van der Waals surface area contributed by atoms with Crippen molar-refractivity contribution in [1.29, 1.82) is 0 Å². The molecule has 1 heterocycles. The first-order valence-corrected chi connectivity index (χ1v) is 5.35. The average Bonchev–Trinajstić information content (AvgIpc) is 1.82. The van der Waals surface area contributed by atoms with Crippen LogP contribution in [0.1, 0.15) is 6.42 Å². The maximum absolute atomic E-state index is 11.0. The van der Waals surface area contributed by atoms with Crippen LogP contribution in [0.3, 0.4) is 0 Å². The van der Waals surface area contributed by atoms with Gasteiger partial charge in [-0.2, -0.15) is 0 Å². The van der Waals surface area contributed by atoms with Crippen LogP contribution < -0.4 is 0 Å². The minimum absolute atomic E-state index is 0.00309. The number of hydrogen-bond acceptors (Lipinski definition) is 4. The van der Waals surface area contributed by atoms with Crippen LogP contribution in [-0.2, 0) is 19.4 Å². The zero-order chi connectivity index (χ0) is 9.19. The molecule has 5 nitrogen and oxygen atoms in total. The van der Waals surface area contributed by atoms with Crippen molar-refractivity contribution >= 4 is 15.8 Å². The topological polar surface area (TPSA) is 80.7 Å². The van der Waals surface area contributed by atoms with E-state index in [4.69, 9.17) is 9.84 Å². The van der Waals surface area contributed by atoms with E-state index in [1.54, 1.807) is 0 Å². The second-order valence-electron chi connectivity index (χ2n) is 2.71. The van der Waals surface area contributed by atoms with E-state index in [-0.39, 0.29) is 24.5 Å². The number of carboxylic acid groups (broad SMARTS) is 1. The summed E-state index contributed by atoms with van der Waals surface area (Å²) >= 11 is 0. The molecule has 0 spiro atoms. The first-order valence-electron chi connectivity index (χ1n) is 3.53. The van der Waals surface area contributed by atoms with E-state index < -0.39 is 21.9 Å². The van der Waals surface area contributed by atoms with Crippen molar-refractivity contribution in [2.24, 2.45) is 0 Å². The van der Waals surface area contributed by atoms with Crippen molar-refractivity contribution in [3.8, 4) is 0 Å². The van der Waals surface area contributed by atoms with Crippen LogP contribution in [0.5, 0.6) is 0 Å². The van der Waals surface area contributed by atoms with Gasteiger partial charge in [-0.3, -0.25) is 4.79 Å². The van der Waals surface area contributed by atoms with Gasteiger partial charge in [-0.1, -0.05) is 0 Å². The van der Waals surface area contributed by atoms with Crippen LogP contribution in [0, 0.1) is 0 Å². The molecule has 12 heavy (non-hydrogen) atoms. The van der Waals surface area contributed by atoms with Crippen LogP contribution in [0.15, 0.2) is 0 Å². The van der Waals surface area contributed by atoms with Gasteiger partial charge in [-0.15, -0.1) is 0 Å². The molecule has 0 amide bonds. The van der Waals surface area contributed by atoms with Crippen LogP contribution in [-0.4, -0.2) is 43.7 Å². The normalized spacial score (nSPS) is 28.2. The molecule has 0 saturated carbocycles. The minimum Gasteiger partial charge on any atom is -0.481 e. The maximum atomic E-state index is 11.0. The molecule has 0 aliphatic carbocycles. The van der Waals surface area contributed by atoms with Gasteiger partial charge in [-0.25, -0.2) is 8.42 Å². The maximum Gasteiger partial charge on any atom is 0.306 e. The second-order valence-corrected chi connectivity index (χ2v) is 4.93. The Bertz CT molecular complexity index is 268. The summed E-state index contributed by atoms with van der Waals surface area (Å²) in [4.78, 5) is 10.2. The molecule has 0 radical (unpaired) electrons. The Morgan fingerprint density at radius 2 is 2.25 bits per heavy atom. The van der Waals surface area contributed by atoms with Gasteiger partial charge in [0.15, 0.2) is 9.84 Å². The Morgan fingerprint density at radius 1 is 1.58 bits per heavy atom. The van der Waals surface area contributed by atoms with E-state index in [1.165, 1.54) is 0 Å². The number of carbonyl (C=O) groups is 1. The van der Waals surface area contributed by atoms with Gasteiger partial charge in [0.2, 0.25) is 0 Å². The molecule has 0 aromatic carbocycles. The molecule has 1 N–H and O–H groups in total. The predicted octanol–water partition coefficient (Wildman–Crippen LogP) is -0.725. The van der Waals surface area contributed by atoms with Gasteiger partial charge in [0.05, 0.1) is 30.6 Å². The average molecular weight is 194 g/mol. The van der Waals surface area contributed by atoms with Crippen molar-refractivity contribution < 1.29 is 23.1 Å². The summed E-state index contributed by atoms with van der Waals surface area (Å²) in [6.07, 6.45) is -0.902. The van der Waals surface area contributed by atoms with Gasteiger partial charge in [0.1, 0.15) is 0 Å². The lowest BCUT2D eigenvalue weighted by atomic mass is 10.3. The summed E-state index contributed by atoms with van der Waals surface area (Å²) in [5, 5.41) is 8.36. The highest BCUT2D eigenvalue weighted by atomic mass is 32.2. The van der Waals surface area contributed by atoms with Crippen LogP contribution in [0.4, 0.5) is 0 Å². The van der Waals surface area contributed by atoms with Crippen molar-refractivity contribution in [1.82, 2.24) is 0 Å². The number of ether oxygens (including phenoxy) is 1. The molecule has 0 aromatic rings. The zero-order valence-electron chi connectivity index (χ0n) is 6.39. The third kappa shape index (κ3) is 2.78. The molecular weight excluding hydrogens is 184 g/mol. The Balaban J connectivity index is 2.53. The molecule has 0 bridgehead atoms. The zero-order valence-corrected chi connectivity index (χ0v) is 7.21. The van der Waals surface area contributed by atoms with E-state index in [1.807, 2.05) is 0 Å². The lowest BCUT2D eigenvalue weighted by Gasteiger charge is -2.20. The summed E-state index contributed by atoms with van der Waals surface area (Å²) in [6.45, 7) is 0.111. The lowest BCUT2D eigenvalue weighted by Crippen LogP contribution is -2.35. The predicted molar refractivity (Wildman–Crippen MR) is 40.6 cm³/mol. The van der Waals surface area contributed by atoms with Crippen LogP contribution >= 0.6 is 0 Å². The molecule has 1 rings (SSSR count). The van der Waals surface area contributed by atoms with Gasteiger partial charge < -0.3 is 9.84 Å². The summed E-state index contributed by atoms with van der Waals surface area (Å²) in [5.74, 6) is -1.19. The number of aliphatic carboxylic acids is 1. The molecule has 70 valence electrons. The molecule has 1 saturated heterocycles. The quantitative estimate of drug-likeness (QED) is 0.627. The van der Waals surface area contributed by atoms with Gasteiger partial charge in [0, 0.05) is 0 Å². The summed E-state index contributed by atoms with van der Waals surface area (Å²) < 4.78 is 26.9. The largest absolute Gasteiger partial charge is 0.481 e. The monoisotopic (exact) mass is 194 g/mol. The first kappa shape index (κ1) is 9.47. The Labute approximate surface area is 70.3 Å². The third-order valence-corrected chi connectivity index (χ3v) is 3.26. The van der Waals surface area contributed by atoms with E-state index >= 15 is 0 Å². The fourth-order valence-electron chi connectivity index (χ4n) is 1.07. The van der Waals surface area contributed by atoms with Gasteiger partial charge in [-0.05, 0) is 0 Å². The van der Waals surface area contributed by atoms with E-state index in [9.17, 15) is 13.2 Å². The van der Waals surface area contributed by atoms with Crippen LogP contribution in [0.25, 0.3) is 0 Å². The Hall–Kier alpha value is -0.620. The van der Waals surface area contributed by atoms with Crippen molar-refractivity contribution in [3.05, 3.63) is 0 Å². The van der Waals surface area contributed by atoms with Crippen molar-refractivity contribution in [2.45, 2.75) is 12.5 Å². The molecule has 6 heteroatoms. The van der Waals surface area contributed by atoms with Crippen LogP contribution in [0.2, 0.25) is 0 Å². The fraction of sp³-hybridized carbons (Fsp3) is 0.833. The number of sulfone groups is 1. The Morgan fingerprint density at radius 3 is 2.75 bits per heavy atom. The smallest absolute Gasteiger partial charge is 0.306 e. The molecule has 0 aromatic heterocycles. The lowest BCUT2D eigenvalue weighted by molar-refractivity contribution is -0.139. The second kappa shape index (κ2) is 3.40. The standard InChI is InChI=1S/C6H10O5S/c7-6(8)3-5-4-12(9,10)2-1-11-5/h5H,1-4H2,(H,7,8). The highest BCUT2D eigenvalue weighted by molar-refractivity contribution is 7.91. The molecule has 1 atom stereocenters. The molecule has 1 unspecified atom stereocenters. The number of hydrogen-bond donors (Lipinski definition) is 1.